The summed E-state index contributed by atoms with van der Waals surface area (Å²) in [6, 6.07) is 0. The first-order chi connectivity index (χ1) is 7.18. The second kappa shape index (κ2) is 4.67. The van der Waals surface area contributed by atoms with Gasteiger partial charge in [-0.25, -0.2) is 0 Å². The summed E-state index contributed by atoms with van der Waals surface area (Å²) in [5.41, 5.74) is -0.894. The maximum absolute atomic E-state index is 10.5. The molecule has 1 saturated carbocycles. The summed E-state index contributed by atoms with van der Waals surface area (Å²) < 4.78 is 0. The van der Waals surface area contributed by atoms with E-state index in [9.17, 15) is 10.2 Å². The average molecular weight is 247 g/mol. The number of hydrogen-bond acceptors (Lipinski definition) is 2. The number of rotatable bonds is 2. The molecule has 0 radical (unpaired) electrons. The summed E-state index contributed by atoms with van der Waals surface area (Å²) >= 11 is 6.20. The number of aliphatic hydroxyl groups is 2. The lowest BCUT2D eigenvalue weighted by atomic mass is 9.61. The molecule has 0 unspecified atom stereocenters. The molecule has 4 atom stereocenters. The Kier molecular flexibility index (Phi) is 4.09. The summed E-state index contributed by atoms with van der Waals surface area (Å²) in [7, 11) is 0. The van der Waals surface area contributed by atoms with Crippen LogP contribution in [0.3, 0.4) is 0 Å². The molecule has 3 heteroatoms. The predicted molar refractivity (Wildman–Crippen MR) is 67.6 cm³/mol. The molecule has 0 aromatic carbocycles. The van der Waals surface area contributed by atoms with E-state index < -0.39 is 11.7 Å². The Morgan fingerprint density at radius 1 is 1.38 bits per heavy atom. The van der Waals surface area contributed by atoms with Crippen molar-refractivity contribution in [1.29, 1.82) is 0 Å². The second-order valence-corrected chi connectivity index (χ2v) is 6.35. The molecule has 0 heterocycles. The quantitative estimate of drug-likeness (QED) is 0.581. The van der Waals surface area contributed by atoms with E-state index in [0.717, 1.165) is 12.8 Å². The molecule has 0 aromatic heterocycles. The molecule has 2 N–H and O–H groups in total. The standard InChI is InChI=1S/C13H23ClO2/c1-9(15)5-6-10-12(2,3)8-7-11(14)13(10,4)16/h5-6,9-11,15-16H,7-8H2,1-4H3/b6-5+/t9-,10+,11+,13+/m1/s1. The van der Waals surface area contributed by atoms with Crippen molar-refractivity contribution >= 4 is 11.6 Å². The third-order valence-electron chi connectivity index (χ3n) is 3.73. The molecule has 0 aliphatic heterocycles. The number of hydrogen-bond donors (Lipinski definition) is 2. The van der Waals surface area contributed by atoms with Crippen LogP contribution in [0.5, 0.6) is 0 Å². The van der Waals surface area contributed by atoms with Crippen LogP contribution in [0.1, 0.15) is 40.5 Å². The Bertz CT molecular complexity index is 269. The van der Waals surface area contributed by atoms with E-state index in [1.54, 1.807) is 19.9 Å². The third kappa shape index (κ3) is 2.79. The van der Waals surface area contributed by atoms with Crippen molar-refractivity contribution in [3.63, 3.8) is 0 Å². The molecule has 1 fully saturated rings. The minimum absolute atomic E-state index is 0.0142. The zero-order valence-electron chi connectivity index (χ0n) is 10.6. The molecule has 94 valence electrons. The van der Waals surface area contributed by atoms with E-state index in [0.29, 0.717) is 0 Å². The Morgan fingerprint density at radius 2 is 1.94 bits per heavy atom. The van der Waals surface area contributed by atoms with Crippen molar-refractivity contribution in [2.24, 2.45) is 11.3 Å². The van der Waals surface area contributed by atoms with Crippen molar-refractivity contribution in [2.75, 3.05) is 0 Å². The normalized spacial score (nSPS) is 41.2. The average Bonchev–Trinajstić information content (AvgIpc) is 2.11. The lowest BCUT2D eigenvalue weighted by Gasteiger charge is -2.49. The molecule has 1 aliphatic carbocycles. The Balaban J connectivity index is 2.96. The highest BCUT2D eigenvalue weighted by molar-refractivity contribution is 6.21. The van der Waals surface area contributed by atoms with E-state index in [1.165, 1.54) is 0 Å². The van der Waals surface area contributed by atoms with Gasteiger partial charge in [-0.15, -0.1) is 11.6 Å². The maximum atomic E-state index is 10.5. The Labute approximate surface area is 103 Å². The van der Waals surface area contributed by atoms with E-state index in [-0.39, 0.29) is 16.7 Å². The van der Waals surface area contributed by atoms with Gasteiger partial charge in [-0.3, -0.25) is 0 Å². The van der Waals surface area contributed by atoms with Gasteiger partial charge in [0.25, 0.3) is 0 Å². The van der Waals surface area contributed by atoms with Gasteiger partial charge in [0.1, 0.15) is 0 Å². The molecule has 2 nitrogen and oxygen atoms in total. The number of aliphatic hydroxyl groups excluding tert-OH is 1. The second-order valence-electron chi connectivity index (χ2n) is 5.82. The smallest absolute Gasteiger partial charge is 0.0849 e. The minimum atomic E-state index is -0.908. The van der Waals surface area contributed by atoms with Gasteiger partial charge in [-0.2, -0.15) is 0 Å². The first-order valence-corrected chi connectivity index (χ1v) is 6.34. The summed E-state index contributed by atoms with van der Waals surface area (Å²) in [6.45, 7) is 7.78. The van der Waals surface area contributed by atoms with Crippen molar-refractivity contribution in [2.45, 2.75) is 57.6 Å². The van der Waals surface area contributed by atoms with Crippen LogP contribution in [-0.4, -0.2) is 27.3 Å². The zero-order chi connectivity index (χ0) is 12.6. The fraction of sp³-hybridized carbons (Fsp3) is 0.846. The Morgan fingerprint density at radius 3 is 2.44 bits per heavy atom. The van der Waals surface area contributed by atoms with Crippen LogP contribution in [0.2, 0.25) is 0 Å². The van der Waals surface area contributed by atoms with Crippen molar-refractivity contribution in [3.8, 4) is 0 Å². The minimum Gasteiger partial charge on any atom is -0.389 e. The zero-order valence-corrected chi connectivity index (χ0v) is 11.3. The fourth-order valence-electron chi connectivity index (χ4n) is 2.66. The highest BCUT2D eigenvalue weighted by atomic mass is 35.5. The van der Waals surface area contributed by atoms with E-state index >= 15 is 0 Å². The van der Waals surface area contributed by atoms with Crippen LogP contribution in [0.4, 0.5) is 0 Å². The third-order valence-corrected chi connectivity index (χ3v) is 4.39. The highest BCUT2D eigenvalue weighted by Gasteiger charge is 2.49. The summed E-state index contributed by atoms with van der Waals surface area (Å²) in [5, 5.41) is 19.6. The van der Waals surface area contributed by atoms with Crippen LogP contribution in [0.25, 0.3) is 0 Å². The molecule has 0 bridgehead atoms. The molecule has 16 heavy (non-hydrogen) atoms. The molecule has 0 spiro atoms. The van der Waals surface area contributed by atoms with Gasteiger partial charge in [0.05, 0.1) is 17.1 Å². The van der Waals surface area contributed by atoms with Crippen LogP contribution in [-0.2, 0) is 0 Å². The molecule has 1 aliphatic rings. The molecule has 0 saturated heterocycles. The summed E-state index contributed by atoms with van der Waals surface area (Å²) in [4.78, 5) is 0. The van der Waals surface area contributed by atoms with Crippen LogP contribution < -0.4 is 0 Å². The van der Waals surface area contributed by atoms with Crippen molar-refractivity contribution in [1.82, 2.24) is 0 Å². The SMILES string of the molecule is C[C@@H](O)/C=C/[C@H]1C(C)(C)CC[C@H](Cl)[C@@]1(C)O. The molecule has 1 rings (SSSR count). The predicted octanol–water partition coefficient (Wildman–Crippen LogP) is 2.72. The topological polar surface area (TPSA) is 40.5 Å². The molecular weight excluding hydrogens is 224 g/mol. The van der Waals surface area contributed by atoms with Crippen LogP contribution >= 0.6 is 11.6 Å². The van der Waals surface area contributed by atoms with E-state index in [4.69, 9.17) is 11.6 Å². The van der Waals surface area contributed by atoms with Gasteiger partial charge < -0.3 is 10.2 Å². The highest BCUT2D eigenvalue weighted by Crippen LogP contribution is 2.48. The van der Waals surface area contributed by atoms with Crippen LogP contribution in [0, 0.1) is 11.3 Å². The Hall–Kier alpha value is -0.0500. The summed E-state index contributed by atoms with van der Waals surface area (Å²) in [6.07, 6.45) is 4.99. The first-order valence-electron chi connectivity index (χ1n) is 5.91. The van der Waals surface area contributed by atoms with E-state index in [1.807, 2.05) is 6.08 Å². The van der Waals surface area contributed by atoms with Gasteiger partial charge in [0.15, 0.2) is 0 Å². The fourth-order valence-corrected chi connectivity index (χ4v) is 2.90. The maximum Gasteiger partial charge on any atom is 0.0849 e. The monoisotopic (exact) mass is 246 g/mol. The van der Waals surface area contributed by atoms with Crippen molar-refractivity contribution in [3.05, 3.63) is 12.2 Å². The van der Waals surface area contributed by atoms with Gasteiger partial charge in [0, 0.05) is 5.92 Å². The van der Waals surface area contributed by atoms with Gasteiger partial charge in [-0.1, -0.05) is 26.0 Å². The van der Waals surface area contributed by atoms with Gasteiger partial charge >= 0.3 is 0 Å². The number of halogens is 1. The van der Waals surface area contributed by atoms with Gasteiger partial charge in [0.2, 0.25) is 0 Å². The lowest BCUT2D eigenvalue weighted by molar-refractivity contribution is -0.0626. The lowest BCUT2D eigenvalue weighted by Crippen LogP contribution is -2.52. The van der Waals surface area contributed by atoms with E-state index in [2.05, 4.69) is 13.8 Å². The molecular formula is C13H23ClO2. The van der Waals surface area contributed by atoms with Crippen LogP contribution in [0.15, 0.2) is 12.2 Å². The summed E-state index contributed by atoms with van der Waals surface area (Å²) in [5.74, 6) is -0.0224. The molecule has 0 amide bonds. The largest absolute Gasteiger partial charge is 0.389 e. The first kappa shape index (κ1) is 14.0. The van der Waals surface area contributed by atoms with Gasteiger partial charge in [-0.05, 0) is 32.1 Å². The van der Waals surface area contributed by atoms with Crippen molar-refractivity contribution < 1.29 is 10.2 Å². The number of alkyl halides is 1. The molecule has 0 aromatic rings.